The van der Waals surface area contributed by atoms with Gasteiger partial charge in [-0.3, -0.25) is 0 Å². The lowest BCUT2D eigenvalue weighted by atomic mass is 10.3. The molecule has 2 aromatic carbocycles. The summed E-state index contributed by atoms with van der Waals surface area (Å²) in [6.45, 7) is 1.61. The van der Waals surface area contributed by atoms with Crippen molar-refractivity contribution in [2.24, 2.45) is 0 Å². The summed E-state index contributed by atoms with van der Waals surface area (Å²) in [6.07, 6.45) is 0. The maximum atomic E-state index is 5.64. The van der Waals surface area contributed by atoms with E-state index in [-0.39, 0.29) is 0 Å². The van der Waals surface area contributed by atoms with Gasteiger partial charge in [0.15, 0.2) is 11.5 Å². The topological polar surface area (TPSA) is 39.7 Å². The van der Waals surface area contributed by atoms with E-state index in [2.05, 4.69) is 21.2 Å². The Bertz CT molecular complexity index is 586. The molecule has 0 amide bonds. The predicted molar refractivity (Wildman–Crippen MR) is 80.7 cm³/mol. The molecule has 5 heteroatoms. The van der Waals surface area contributed by atoms with Crippen LogP contribution in [0.15, 0.2) is 46.9 Å². The third-order valence-corrected chi connectivity index (χ3v) is 3.41. The fourth-order valence-corrected chi connectivity index (χ4v) is 2.17. The molecule has 1 aliphatic rings. The number of halogens is 1. The summed E-state index contributed by atoms with van der Waals surface area (Å²) in [7, 11) is 0. The van der Waals surface area contributed by atoms with Gasteiger partial charge in [-0.25, -0.2) is 0 Å². The van der Waals surface area contributed by atoms with E-state index >= 15 is 0 Å². The number of anilines is 1. The van der Waals surface area contributed by atoms with Crippen LogP contribution in [0.2, 0.25) is 0 Å². The lowest BCUT2D eigenvalue weighted by molar-refractivity contribution is 0.174. The first-order valence-corrected chi connectivity index (χ1v) is 7.12. The van der Waals surface area contributed by atoms with Crippen molar-refractivity contribution in [3.63, 3.8) is 0 Å². The van der Waals surface area contributed by atoms with Gasteiger partial charge in [0.2, 0.25) is 6.79 Å². The fraction of sp³-hybridized carbons (Fsp3) is 0.200. The van der Waals surface area contributed by atoms with Gasteiger partial charge in [-0.15, -0.1) is 0 Å². The zero-order valence-corrected chi connectivity index (χ0v) is 12.4. The molecule has 0 aliphatic carbocycles. The van der Waals surface area contributed by atoms with Crippen LogP contribution in [0.25, 0.3) is 0 Å². The quantitative estimate of drug-likeness (QED) is 0.846. The van der Waals surface area contributed by atoms with E-state index in [1.165, 1.54) is 0 Å². The standard InChI is InChI=1S/C15H14BrNO3/c16-11-1-4-13(5-2-11)18-8-7-17-12-3-6-14-15(9-12)20-10-19-14/h1-6,9,17H,7-8,10H2. The Balaban J connectivity index is 1.47. The molecule has 4 nitrogen and oxygen atoms in total. The third-order valence-electron chi connectivity index (χ3n) is 2.89. The van der Waals surface area contributed by atoms with Gasteiger partial charge in [0.25, 0.3) is 0 Å². The first-order valence-electron chi connectivity index (χ1n) is 6.33. The molecule has 1 heterocycles. The number of benzene rings is 2. The minimum absolute atomic E-state index is 0.297. The van der Waals surface area contributed by atoms with Crippen molar-refractivity contribution >= 4 is 21.6 Å². The highest BCUT2D eigenvalue weighted by Gasteiger charge is 2.12. The minimum Gasteiger partial charge on any atom is -0.492 e. The SMILES string of the molecule is Brc1ccc(OCCNc2ccc3c(c2)OCO3)cc1. The Morgan fingerprint density at radius 1 is 1.05 bits per heavy atom. The molecule has 0 atom stereocenters. The summed E-state index contributed by atoms with van der Waals surface area (Å²) in [6, 6.07) is 13.6. The van der Waals surface area contributed by atoms with Gasteiger partial charge in [-0.2, -0.15) is 0 Å². The van der Waals surface area contributed by atoms with E-state index in [0.29, 0.717) is 13.4 Å². The second-order valence-electron chi connectivity index (χ2n) is 4.30. The molecule has 0 aromatic heterocycles. The average Bonchev–Trinajstić information content (AvgIpc) is 2.93. The third kappa shape index (κ3) is 3.17. The number of nitrogens with one attached hydrogen (secondary N) is 1. The zero-order chi connectivity index (χ0) is 13.8. The highest BCUT2D eigenvalue weighted by atomic mass is 79.9. The maximum Gasteiger partial charge on any atom is 0.231 e. The summed E-state index contributed by atoms with van der Waals surface area (Å²) in [5, 5.41) is 3.29. The Labute approximate surface area is 125 Å². The maximum absolute atomic E-state index is 5.64. The van der Waals surface area contributed by atoms with Crippen LogP contribution in [0, 0.1) is 0 Å². The van der Waals surface area contributed by atoms with Gasteiger partial charge in [0.1, 0.15) is 12.4 Å². The molecular formula is C15H14BrNO3. The Morgan fingerprint density at radius 2 is 1.85 bits per heavy atom. The van der Waals surface area contributed by atoms with Crippen molar-refractivity contribution < 1.29 is 14.2 Å². The number of fused-ring (bicyclic) bond motifs is 1. The highest BCUT2D eigenvalue weighted by Crippen LogP contribution is 2.34. The summed E-state index contributed by atoms with van der Waals surface area (Å²) in [5.41, 5.74) is 0.994. The Hall–Kier alpha value is -1.88. The number of hydrogen-bond acceptors (Lipinski definition) is 4. The van der Waals surface area contributed by atoms with E-state index in [0.717, 1.165) is 34.0 Å². The van der Waals surface area contributed by atoms with Gasteiger partial charge in [0, 0.05) is 22.8 Å². The lowest BCUT2D eigenvalue weighted by Gasteiger charge is -2.09. The van der Waals surface area contributed by atoms with Crippen molar-refractivity contribution in [3.05, 3.63) is 46.9 Å². The number of hydrogen-bond donors (Lipinski definition) is 1. The molecule has 2 aromatic rings. The second-order valence-corrected chi connectivity index (χ2v) is 5.21. The molecule has 0 saturated heterocycles. The van der Waals surface area contributed by atoms with E-state index in [1.807, 2.05) is 42.5 Å². The van der Waals surface area contributed by atoms with Crippen LogP contribution in [0.3, 0.4) is 0 Å². The van der Waals surface area contributed by atoms with E-state index < -0.39 is 0 Å². The molecule has 0 spiro atoms. The van der Waals surface area contributed by atoms with Crippen molar-refractivity contribution in [2.75, 3.05) is 25.3 Å². The fourth-order valence-electron chi connectivity index (χ4n) is 1.90. The molecule has 0 bridgehead atoms. The Morgan fingerprint density at radius 3 is 2.70 bits per heavy atom. The second kappa shape index (κ2) is 6.05. The first-order chi connectivity index (χ1) is 9.81. The smallest absolute Gasteiger partial charge is 0.231 e. The number of rotatable bonds is 5. The van der Waals surface area contributed by atoms with E-state index in [1.54, 1.807) is 0 Å². The van der Waals surface area contributed by atoms with Crippen molar-refractivity contribution in [2.45, 2.75) is 0 Å². The summed E-state index contributed by atoms with van der Waals surface area (Å²) in [5.74, 6) is 2.44. The summed E-state index contributed by atoms with van der Waals surface area (Å²) < 4.78 is 17.3. The lowest BCUT2D eigenvalue weighted by Crippen LogP contribution is -2.11. The van der Waals surface area contributed by atoms with Gasteiger partial charge in [-0.1, -0.05) is 15.9 Å². The molecule has 0 saturated carbocycles. The molecule has 1 aliphatic heterocycles. The van der Waals surface area contributed by atoms with Crippen LogP contribution in [0.4, 0.5) is 5.69 Å². The van der Waals surface area contributed by atoms with Crippen molar-refractivity contribution in [1.82, 2.24) is 0 Å². The zero-order valence-electron chi connectivity index (χ0n) is 10.8. The van der Waals surface area contributed by atoms with Crippen LogP contribution in [0.5, 0.6) is 17.2 Å². The van der Waals surface area contributed by atoms with Crippen molar-refractivity contribution in [3.8, 4) is 17.2 Å². The molecular weight excluding hydrogens is 322 g/mol. The molecule has 0 fully saturated rings. The first kappa shape index (κ1) is 13.1. The summed E-state index contributed by atoms with van der Waals surface area (Å²) in [4.78, 5) is 0. The van der Waals surface area contributed by atoms with Gasteiger partial charge < -0.3 is 19.5 Å². The minimum atomic E-state index is 0.297. The predicted octanol–water partition coefficient (Wildman–Crippen LogP) is 3.67. The average molecular weight is 336 g/mol. The highest BCUT2D eigenvalue weighted by molar-refractivity contribution is 9.10. The normalized spacial score (nSPS) is 12.2. The molecule has 0 radical (unpaired) electrons. The molecule has 104 valence electrons. The molecule has 3 rings (SSSR count). The van der Waals surface area contributed by atoms with Crippen LogP contribution in [0.1, 0.15) is 0 Å². The van der Waals surface area contributed by atoms with Crippen LogP contribution in [-0.4, -0.2) is 19.9 Å². The van der Waals surface area contributed by atoms with Gasteiger partial charge in [0.05, 0.1) is 0 Å². The number of ether oxygens (including phenoxy) is 3. The van der Waals surface area contributed by atoms with Crippen LogP contribution in [-0.2, 0) is 0 Å². The van der Waals surface area contributed by atoms with Crippen LogP contribution >= 0.6 is 15.9 Å². The van der Waals surface area contributed by atoms with E-state index in [9.17, 15) is 0 Å². The molecule has 20 heavy (non-hydrogen) atoms. The molecule has 1 N–H and O–H groups in total. The summed E-state index contributed by atoms with van der Waals surface area (Å²) >= 11 is 3.39. The monoisotopic (exact) mass is 335 g/mol. The van der Waals surface area contributed by atoms with Crippen molar-refractivity contribution in [1.29, 1.82) is 0 Å². The van der Waals surface area contributed by atoms with Gasteiger partial charge >= 0.3 is 0 Å². The largest absolute Gasteiger partial charge is 0.492 e. The Kier molecular flexibility index (Phi) is 3.97. The van der Waals surface area contributed by atoms with E-state index in [4.69, 9.17) is 14.2 Å². The van der Waals surface area contributed by atoms with Crippen LogP contribution < -0.4 is 19.5 Å². The van der Waals surface area contributed by atoms with Gasteiger partial charge in [-0.05, 0) is 36.4 Å². The molecule has 0 unspecified atom stereocenters.